The van der Waals surface area contributed by atoms with Crippen molar-refractivity contribution >= 4 is 29.3 Å². The maximum Gasteiger partial charge on any atom is 0.243 e. The molecular weight excluding hydrogens is 405 g/mol. The Labute approximate surface area is 177 Å². The number of halogens is 1. The van der Waals surface area contributed by atoms with E-state index >= 15 is 0 Å². The van der Waals surface area contributed by atoms with E-state index in [0.717, 1.165) is 5.56 Å². The lowest BCUT2D eigenvalue weighted by Gasteiger charge is -2.08. The van der Waals surface area contributed by atoms with Gasteiger partial charge in [0.1, 0.15) is 5.82 Å². The molecule has 1 aromatic heterocycles. The van der Waals surface area contributed by atoms with Gasteiger partial charge in [-0.3, -0.25) is 14.2 Å². The minimum absolute atomic E-state index is 0.0773. The van der Waals surface area contributed by atoms with E-state index in [1.165, 1.54) is 36.0 Å². The van der Waals surface area contributed by atoms with Crippen LogP contribution in [0.25, 0.3) is 11.4 Å². The topological polar surface area (TPSA) is 88.9 Å². The van der Waals surface area contributed by atoms with E-state index in [0.29, 0.717) is 23.2 Å². The predicted molar refractivity (Wildman–Crippen MR) is 114 cm³/mol. The standard InChI is InChI=1S/C21H20FN5O2S/c1-2-12-27-20(15-6-4-3-5-7-15)25-26-21(27)30-14-19(29)23-13-18(28)24-17-10-8-16(22)9-11-17/h2-11H,1,12-14H2,(H,23,29)(H,24,28). The minimum Gasteiger partial charge on any atom is -0.346 e. The molecule has 1 heterocycles. The molecule has 9 heteroatoms. The highest BCUT2D eigenvalue weighted by Gasteiger charge is 2.15. The summed E-state index contributed by atoms with van der Waals surface area (Å²) in [7, 11) is 0. The van der Waals surface area contributed by atoms with E-state index in [9.17, 15) is 14.0 Å². The number of hydrogen-bond donors (Lipinski definition) is 2. The molecule has 0 aliphatic rings. The van der Waals surface area contributed by atoms with Crippen molar-refractivity contribution < 1.29 is 14.0 Å². The number of nitrogens with one attached hydrogen (secondary N) is 2. The zero-order valence-electron chi connectivity index (χ0n) is 16.0. The number of carbonyl (C=O) groups is 2. The molecule has 30 heavy (non-hydrogen) atoms. The van der Waals surface area contributed by atoms with E-state index in [1.54, 1.807) is 6.08 Å². The van der Waals surface area contributed by atoms with Gasteiger partial charge in [-0.2, -0.15) is 0 Å². The minimum atomic E-state index is -0.402. The molecule has 3 rings (SSSR count). The molecule has 2 amide bonds. The number of carbonyl (C=O) groups excluding carboxylic acids is 2. The van der Waals surface area contributed by atoms with Crippen molar-refractivity contribution in [3.8, 4) is 11.4 Å². The van der Waals surface area contributed by atoms with Gasteiger partial charge in [-0.25, -0.2) is 4.39 Å². The lowest BCUT2D eigenvalue weighted by atomic mass is 10.2. The van der Waals surface area contributed by atoms with Gasteiger partial charge in [-0.1, -0.05) is 48.2 Å². The quantitative estimate of drug-likeness (QED) is 0.406. The Kier molecular flexibility index (Phi) is 7.34. The summed E-state index contributed by atoms with van der Waals surface area (Å²) in [5, 5.41) is 14.1. The molecule has 0 atom stereocenters. The molecule has 3 aromatic rings. The summed E-state index contributed by atoms with van der Waals surface area (Å²) in [5.74, 6) is -0.339. The number of aromatic nitrogens is 3. The molecule has 0 aliphatic carbocycles. The number of rotatable bonds is 9. The number of hydrogen-bond acceptors (Lipinski definition) is 5. The van der Waals surface area contributed by atoms with Crippen molar-refractivity contribution in [2.75, 3.05) is 17.6 Å². The van der Waals surface area contributed by atoms with Gasteiger partial charge >= 0.3 is 0 Å². The number of anilines is 1. The van der Waals surface area contributed by atoms with E-state index in [1.807, 2.05) is 34.9 Å². The third-order valence-electron chi connectivity index (χ3n) is 3.97. The first kappa shape index (κ1) is 21.3. The van der Waals surface area contributed by atoms with Gasteiger partial charge in [-0.15, -0.1) is 16.8 Å². The second kappa shape index (κ2) is 10.4. The molecule has 0 unspecified atom stereocenters. The SMILES string of the molecule is C=CCn1c(SCC(=O)NCC(=O)Nc2ccc(F)cc2)nnc1-c1ccccc1. The van der Waals surface area contributed by atoms with Crippen molar-refractivity contribution in [1.82, 2.24) is 20.1 Å². The first-order valence-electron chi connectivity index (χ1n) is 9.11. The summed E-state index contributed by atoms with van der Waals surface area (Å²) in [5.41, 5.74) is 1.37. The summed E-state index contributed by atoms with van der Waals surface area (Å²) < 4.78 is 14.8. The van der Waals surface area contributed by atoms with Crippen molar-refractivity contribution in [2.24, 2.45) is 0 Å². The summed E-state index contributed by atoms with van der Waals surface area (Å²) in [6.45, 7) is 4.08. The molecule has 2 aromatic carbocycles. The Morgan fingerprint density at radius 1 is 1.07 bits per heavy atom. The monoisotopic (exact) mass is 425 g/mol. The van der Waals surface area contributed by atoms with Crippen LogP contribution in [-0.2, 0) is 16.1 Å². The molecule has 7 nitrogen and oxygen atoms in total. The van der Waals surface area contributed by atoms with Crippen LogP contribution < -0.4 is 10.6 Å². The third kappa shape index (κ3) is 5.77. The van der Waals surface area contributed by atoms with Crippen LogP contribution >= 0.6 is 11.8 Å². The Morgan fingerprint density at radius 3 is 2.50 bits per heavy atom. The maximum absolute atomic E-state index is 12.9. The van der Waals surface area contributed by atoms with E-state index < -0.39 is 11.7 Å². The Morgan fingerprint density at radius 2 is 1.80 bits per heavy atom. The summed E-state index contributed by atoms with van der Waals surface area (Å²) in [6, 6.07) is 15.0. The van der Waals surface area contributed by atoms with Crippen LogP contribution in [0.4, 0.5) is 10.1 Å². The van der Waals surface area contributed by atoms with Gasteiger partial charge in [0.05, 0.1) is 12.3 Å². The first-order valence-corrected chi connectivity index (χ1v) is 10.1. The largest absolute Gasteiger partial charge is 0.346 e. The smallest absolute Gasteiger partial charge is 0.243 e. The van der Waals surface area contributed by atoms with Gasteiger partial charge < -0.3 is 10.6 Å². The molecule has 0 fully saturated rings. The average Bonchev–Trinajstić information content (AvgIpc) is 3.16. The molecule has 0 saturated heterocycles. The highest BCUT2D eigenvalue weighted by molar-refractivity contribution is 7.99. The predicted octanol–water partition coefficient (Wildman–Crippen LogP) is 3.12. The van der Waals surface area contributed by atoms with Crippen molar-refractivity contribution in [3.63, 3.8) is 0 Å². The molecule has 0 spiro atoms. The van der Waals surface area contributed by atoms with Crippen LogP contribution in [0, 0.1) is 5.82 Å². The number of nitrogens with zero attached hydrogens (tertiary/aromatic N) is 3. The zero-order valence-corrected chi connectivity index (χ0v) is 16.9. The number of benzene rings is 2. The van der Waals surface area contributed by atoms with E-state index in [4.69, 9.17) is 0 Å². The van der Waals surface area contributed by atoms with Gasteiger partial charge in [0, 0.05) is 17.8 Å². The lowest BCUT2D eigenvalue weighted by molar-refractivity contribution is -0.122. The van der Waals surface area contributed by atoms with Gasteiger partial charge in [0.2, 0.25) is 11.8 Å². The van der Waals surface area contributed by atoms with Crippen LogP contribution in [0.15, 0.2) is 72.4 Å². The highest BCUT2D eigenvalue weighted by Crippen LogP contribution is 2.23. The molecule has 154 valence electrons. The van der Waals surface area contributed by atoms with Crippen LogP contribution in [0.1, 0.15) is 0 Å². The Balaban J connectivity index is 1.53. The van der Waals surface area contributed by atoms with Crippen molar-refractivity contribution in [3.05, 3.63) is 73.1 Å². The molecule has 0 bridgehead atoms. The van der Waals surface area contributed by atoms with Crippen LogP contribution in [0.5, 0.6) is 0 Å². The summed E-state index contributed by atoms with van der Waals surface area (Å²) in [6.07, 6.45) is 1.74. The van der Waals surface area contributed by atoms with Gasteiger partial charge in [-0.05, 0) is 24.3 Å². The van der Waals surface area contributed by atoms with Crippen LogP contribution in [-0.4, -0.2) is 38.9 Å². The zero-order chi connectivity index (χ0) is 21.3. The lowest BCUT2D eigenvalue weighted by Crippen LogP contribution is -2.33. The van der Waals surface area contributed by atoms with Crippen molar-refractivity contribution in [2.45, 2.75) is 11.7 Å². The Bertz CT molecular complexity index is 1020. The third-order valence-corrected chi connectivity index (χ3v) is 4.93. The second-order valence-electron chi connectivity index (χ2n) is 6.19. The molecular formula is C21H20FN5O2S. The number of thioether (sulfide) groups is 1. The highest BCUT2D eigenvalue weighted by atomic mass is 32.2. The summed E-state index contributed by atoms with van der Waals surface area (Å²) in [4.78, 5) is 24.0. The first-order chi connectivity index (χ1) is 14.6. The molecule has 2 N–H and O–H groups in total. The fourth-order valence-corrected chi connectivity index (χ4v) is 3.37. The second-order valence-corrected chi connectivity index (χ2v) is 7.13. The average molecular weight is 425 g/mol. The molecule has 0 aliphatic heterocycles. The Hall–Kier alpha value is -3.46. The van der Waals surface area contributed by atoms with Crippen molar-refractivity contribution in [1.29, 1.82) is 0 Å². The normalized spacial score (nSPS) is 10.4. The number of amides is 2. The van der Waals surface area contributed by atoms with E-state index in [2.05, 4.69) is 27.4 Å². The van der Waals surface area contributed by atoms with Gasteiger partial charge in [0.25, 0.3) is 0 Å². The van der Waals surface area contributed by atoms with Crippen LogP contribution in [0.2, 0.25) is 0 Å². The molecule has 0 radical (unpaired) electrons. The van der Waals surface area contributed by atoms with E-state index in [-0.39, 0.29) is 18.2 Å². The maximum atomic E-state index is 12.9. The van der Waals surface area contributed by atoms with Crippen LogP contribution in [0.3, 0.4) is 0 Å². The van der Waals surface area contributed by atoms with Gasteiger partial charge in [0.15, 0.2) is 11.0 Å². The fraction of sp³-hybridized carbons (Fsp3) is 0.143. The molecule has 0 saturated carbocycles. The number of allylic oxidation sites excluding steroid dienone is 1. The fourth-order valence-electron chi connectivity index (χ4n) is 2.59. The summed E-state index contributed by atoms with van der Waals surface area (Å²) >= 11 is 1.22.